The van der Waals surface area contributed by atoms with Crippen molar-refractivity contribution < 1.29 is 19.1 Å². The Morgan fingerprint density at radius 3 is 1.38 bits per heavy atom. The highest BCUT2D eigenvalue weighted by Gasteiger charge is 2.10. The topological polar surface area (TPSA) is 76.7 Å². The van der Waals surface area contributed by atoms with E-state index in [1.54, 1.807) is 23.5 Å². The van der Waals surface area contributed by atoms with Gasteiger partial charge in [-0.1, -0.05) is 41.5 Å². The number of ether oxygens (including phenoxy) is 2. The van der Waals surface area contributed by atoms with E-state index in [9.17, 15) is 9.59 Å². The number of amides is 2. The fraction of sp³-hybridized carbons (Fsp3) is 0.917. The van der Waals surface area contributed by atoms with E-state index in [-0.39, 0.29) is 22.6 Å². The lowest BCUT2D eigenvalue weighted by molar-refractivity contribution is -0.122. The SMILES string of the molecule is CC(C)(C)COCCCSCCC(=O)NCCNC(=O)CCSCCCOCC(C)(C)C. The maximum Gasteiger partial charge on any atom is 0.220 e. The molecular weight excluding hydrogens is 444 g/mol. The Morgan fingerprint density at radius 2 is 1.03 bits per heavy atom. The van der Waals surface area contributed by atoms with Crippen LogP contribution in [0.25, 0.3) is 0 Å². The Bertz CT molecular complexity index is 447. The number of carbonyl (C=O) groups is 2. The van der Waals surface area contributed by atoms with Gasteiger partial charge in [-0.25, -0.2) is 0 Å². The summed E-state index contributed by atoms with van der Waals surface area (Å²) in [6.45, 7) is 17.1. The second-order valence-corrected chi connectivity index (χ2v) is 12.8. The van der Waals surface area contributed by atoms with Gasteiger partial charge in [-0.05, 0) is 35.2 Å². The molecule has 0 rings (SSSR count). The Hall–Kier alpha value is -0.440. The van der Waals surface area contributed by atoms with Crippen molar-refractivity contribution in [2.75, 3.05) is 62.5 Å². The van der Waals surface area contributed by atoms with Gasteiger partial charge in [-0.15, -0.1) is 0 Å². The summed E-state index contributed by atoms with van der Waals surface area (Å²) in [7, 11) is 0. The fourth-order valence-corrected chi connectivity index (χ4v) is 4.11. The van der Waals surface area contributed by atoms with Gasteiger partial charge < -0.3 is 20.1 Å². The van der Waals surface area contributed by atoms with Crippen molar-refractivity contribution in [1.29, 1.82) is 0 Å². The van der Waals surface area contributed by atoms with E-state index in [2.05, 4.69) is 52.2 Å². The van der Waals surface area contributed by atoms with Crippen molar-refractivity contribution in [2.45, 2.75) is 67.2 Å². The molecule has 0 atom stereocenters. The zero-order valence-corrected chi connectivity index (χ0v) is 23.0. The van der Waals surface area contributed by atoms with Crippen LogP contribution in [0.4, 0.5) is 0 Å². The Balaban J connectivity index is 3.39. The molecule has 6 nitrogen and oxygen atoms in total. The van der Waals surface area contributed by atoms with Crippen LogP contribution in [0, 0.1) is 10.8 Å². The monoisotopic (exact) mass is 492 g/mol. The molecule has 0 aromatic carbocycles. The Morgan fingerprint density at radius 1 is 0.656 bits per heavy atom. The highest BCUT2D eigenvalue weighted by Crippen LogP contribution is 2.14. The zero-order valence-electron chi connectivity index (χ0n) is 21.3. The molecule has 0 bridgehead atoms. The summed E-state index contributed by atoms with van der Waals surface area (Å²) < 4.78 is 11.3. The Kier molecular flexibility index (Phi) is 18.7. The van der Waals surface area contributed by atoms with E-state index in [1.165, 1.54) is 0 Å². The zero-order chi connectivity index (χ0) is 24.3. The summed E-state index contributed by atoms with van der Waals surface area (Å²) in [5.41, 5.74) is 0.427. The molecule has 0 heterocycles. The first-order chi connectivity index (χ1) is 15.0. The van der Waals surface area contributed by atoms with Crippen molar-refractivity contribution in [3.8, 4) is 0 Å². The van der Waals surface area contributed by atoms with E-state index in [1.807, 2.05) is 0 Å². The number of carbonyl (C=O) groups excluding carboxylic acids is 2. The molecule has 190 valence electrons. The van der Waals surface area contributed by atoms with Crippen molar-refractivity contribution in [1.82, 2.24) is 10.6 Å². The number of rotatable bonds is 19. The van der Waals surface area contributed by atoms with Crippen molar-refractivity contribution in [2.24, 2.45) is 10.8 Å². The molecule has 0 aliphatic carbocycles. The second-order valence-electron chi connectivity index (χ2n) is 10.4. The van der Waals surface area contributed by atoms with Crippen molar-refractivity contribution in [3.63, 3.8) is 0 Å². The summed E-state index contributed by atoms with van der Waals surface area (Å²) in [4.78, 5) is 23.7. The normalized spacial score (nSPS) is 12.1. The van der Waals surface area contributed by atoms with Crippen LogP contribution >= 0.6 is 23.5 Å². The van der Waals surface area contributed by atoms with Gasteiger partial charge in [0.15, 0.2) is 0 Å². The van der Waals surface area contributed by atoms with E-state index in [0.717, 1.165) is 62.3 Å². The molecule has 0 aliphatic rings. The lowest BCUT2D eigenvalue weighted by Crippen LogP contribution is -2.34. The van der Waals surface area contributed by atoms with E-state index >= 15 is 0 Å². The van der Waals surface area contributed by atoms with Crippen LogP contribution < -0.4 is 10.6 Å². The maximum absolute atomic E-state index is 11.8. The quantitative estimate of drug-likeness (QED) is 0.261. The van der Waals surface area contributed by atoms with Gasteiger partial charge in [0.25, 0.3) is 0 Å². The smallest absolute Gasteiger partial charge is 0.220 e. The van der Waals surface area contributed by atoms with E-state index in [0.29, 0.717) is 25.9 Å². The molecule has 32 heavy (non-hydrogen) atoms. The second kappa shape index (κ2) is 18.9. The molecule has 2 N–H and O–H groups in total. The standard InChI is InChI=1S/C24H48N2O4S2/c1-23(2,3)19-29-13-7-15-31-17-9-21(27)25-11-12-26-22(28)10-18-32-16-8-14-30-20-24(4,5)6/h7-20H2,1-6H3,(H,25,27)(H,26,28). The van der Waals surface area contributed by atoms with Gasteiger partial charge in [0, 0.05) is 50.7 Å². The first-order valence-corrected chi connectivity index (χ1v) is 14.1. The molecule has 0 spiro atoms. The molecule has 0 saturated heterocycles. The van der Waals surface area contributed by atoms with Crippen LogP contribution in [-0.4, -0.2) is 74.3 Å². The summed E-state index contributed by atoms with van der Waals surface area (Å²) in [5.74, 6) is 3.73. The minimum atomic E-state index is 0.0416. The lowest BCUT2D eigenvalue weighted by atomic mass is 9.99. The molecule has 0 fully saturated rings. The van der Waals surface area contributed by atoms with Crippen molar-refractivity contribution >= 4 is 35.3 Å². The van der Waals surface area contributed by atoms with Crippen LogP contribution in [0.1, 0.15) is 67.2 Å². The minimum Gasteiger partial charge on any atom is -0.381 e. The highest BCUT2D eigenvalue weighted by molar-refractivity contribution is 7.99. The molecule has 0 radical (unpaired) electrons. The third kappa shape index (κ3) is 25.8. The largest absolute Gasteiger partial charge is 0.381 e. The van der Waals surface area contributed by atoms with Gasteiger partial charge in [0.2, 0.25) is 11.8 Å². The average Bonchev–Trinajstić information content (AvgIpc) is 2.67. The number of nitrogens with one attached hydrogen (secondary N) is 2. The van der Waals surface area contributed by atoms with Crippen molar-refractivity contribution in [3.05, 3.63) is 0 Å². The third-order valence-electron chi connectivity index (χ3n) is 3.94. The van der Waals surface area contributed by atoms with Crippen LogP contribution in [0.3, 0.4) is 0 Å². The lowest BCUT2D eigenvalue weighted by Gasteiger charge is -2.17. The highest BCUT2D eigenvalue weighted by atomic mass is 32.2. The molecule has 0 aliphatic heterocycles. The summed E-state index contributed by atoms with van der Waals surface area (Å²) in [5, 5.41) is 5.72. The van der Waals surface area contributed by atoms with E-state index in [4.69, 9.17) is 9.47 Å². The third-order valence-corrected chi connectivity index (χ3v) is 6.08. The molecule has 2 amide bonds. The van der Waals surface area contributed by atoms with Crippen LogP contribution in [-0.2, 0) is 19.1 Å². The first kappa shape index (κ1) is 31.6. The molecule has 0 aromatic heterocycles. The molecular formula is C24H48N2O4S2. The molecule has 8 heteroatoms. The summed E-state index contributed by atoms with van der Waals surface area (Å²) >= 11 is 3.56. The molecule has 0 aromatic rings. The minimum absolute atomic E-state index is 0.0416. The van der Waals surface area contributed by atoms with Gasteiger partial charge in [0.1, 0.15) is 0 Å². The van der Waals surface area contributed by atoms with Crippen LogP contribution in [0.2, 0.25) is 0 Å². The predicted octanol–water partition coefficient (Wildman–Crippen LogP) is 4.37. The number of hydrogen-bond acceptors (Lipinski definition) is 6. The molecule has 0 saturated carbocycles. The van der Waals surface area contributed by atoms with Gasteiger partial charge in [-0.3, -0.25) is 9.59 Å². The van der Waals surface area contributed by atoms with E-state index < -0.39 is 0 Å². The summed E-state index contributed by atoms with van der Waals surface area (Å²) in [6.07, 6.45) is 3.05. The van der Waals surface area contributed by atoms with Crippen LogP contribution in [0.15, 0.2) is 0 Å². The summed E-state index contributed by atoms with van der Waals surface area (Å²) in [6, 6.07) is 0. The van der Waals surface area contributed by atoms with Crippen LogP contribution in [0.5, 0.6) is 0 Å². The Labute approximate surface area is 205 Å². The maximum atomic E-state index is 11.8. The van der Waals surface area contributed by atoms with Gasteiger partial charge >= 0.3 is 0 Å². The predicted molar refractivity (Wildman–Crippen MR) is 140 cm³/mol. The first-order valence-electron chi connectivity index (χ1n) is 11.8. The average molecular weight is 493 g/mol. The van der Waals surface area contributed by atoms with Gasteiger partial charge in [-0.2, -0.15) is 23.5 Å². The van der Waals surface area contributed by atoms with Gasteiger partial charge in [0.05, 0.1) is 13.2 Å². The molecule has 0 unspecified atom stereocenters. The fourth-order valence-electron chi connectivity index (χ4n) is 2.40. The number of hydrogen-bond donors (Lipinski definition) is 2. The number of thioether (sulfide) groups is 2.